The van der Waals surface area contributed by atoms with Gasteiger partial charge in [0, 0.05) is 6.20 Å². The van der Waals surface area contributed by atoms with Crippen LogP contribution in [0.2, 0.25) is 5.15 Å². The molecule has 1 atom stereocenters. The van der Waals surface area contributed by atoms with Crippen LogP contribution in [0.3, 0.4) is 0 Å². The Morgan fingerprint density at radius 3 is 2.50 bits per heavy atom. The molecule has 0 bridgehead atoms. The quantitative estimate of drug-likeness (QED) is 0.797. The largest absolute Gasteiger partial charge is 0.480 e. The lowest BCUT2D eigenvalue weighted by Gasteiger charge is -2.20. The van der Waals surface area contributed by atoms with Gasteiger partial charge in [-0.1, -0.05) is 25.4 Å². The van der Waals surface area contributed by atoms with E-state index in [0.717, 1.165) is 16.8 Å². The van der Waals surface area contributed by atoms with E-state index in [2.05, 4.69) is 4.98 Å². The molecule has 0 aromatic carbocycles. The van der Waals surface area contributed by atoms with Crippen molar-refractivity contribution in [3.8, 4) is 0 Å². The highest BCUT2D eigenvalue weighted by Gasteiger charge is 2.26. The van der Waals surface area contributed by atoms with Gasteiger partial charge in [0.1, 0.15) is 17.3 Å². The lowest BCUT2D eigenvalue weighted by Crippen LogP contribution is -2.26. The molecule has 0 aliphatic heterocycles. The lowest BCUT2D eigenvalue weighted by atomic mass is 10.0. The Labute approximate surface area is 140 Å². The third-order valence-corrected chi connectivity index (χ3v) is 3.73. The van der Waals surface area contributed by atoms with Crippen molar-refractivity contribution in [3.63, 3.8) is 0 Å². The van der Waals surface area contributed by atoms with Crippen LogP contribution in [0.5, 0.6) is 0 Å². The molecule has 1 unspecified atom stereocenters. The van der Waals surface area contributed by atoms with Gasteiger partial charge >= 0.3 is 11.9 Å². The summed E-state index contributed by atoms with van der Waals surface area (Å²) in [6, 6.07) is -0.412. The van der Waals surface area contributed by atoms with Gasteiger partial charge in [-0.05, 0) is 18.4 Å². The maximum Gasteiger partial charge on any atom is 0.341 e. The predicted octanol–water partition coefficient (Wildman–Crippen LogP) is 2.56. The third-order valence-electron chi connectivity index (χ3n) is 3.46. The van der Waals surface area contributed by atoms with Crippen molar-refractivity contribution < 1.29 is 24.2 Å². The highest BCUT2D eigenvalue weighted by atomic mass is 35.5. The standard InChI is InChI=1S/C15H14ClFN2O5/c1-6(2)3-10(15(23)24)19-5-8(14(21)22)11(20)7-4-9(17)12(16)18-13(7)19/h4-6,10H,3H2,1-2H3,(H,21,22)(H,23,24). The molecule has 2 heterocycles. The summed E-state index contributed by atoms with van der Waals surface area (Å²) in [5, 5.41) is 17.8. The summed E-state index contributed by atoms with van der Waals surface area (Å²) < 4.78 is 14.7. The van der Waals surface area contributed by atoms with Crippen LogP contribution in [0.25, 0.3) is 11.0 Å². The Hall–Kier alpha value is -2.48. The summed E-state index contributed by atoms with van der Waals surface area (Å²) in [4.78, 5) is 38.9. The summed E-state index contributed by atoms with van der Waals surface area (Å²) in [5.74, 6) is -3.80. The van der Waals surface area contributed by atoms with Crippen LogP contribution in [0.1, 0.15) is 36.7 Å². The predicted molar refractivity (Wildman–Crippen MR) is 84.1 cm³/mol. The minimum Gasteiger partial charge on any atom is -0.480 e. The number of pyridine rings is 2. The minimum absolute atomic E-state index is 0.0372. The first-order valence-corrected chi connectivity index (χ1v) is 7.38. The number of halogens is 2. The molecule has 0 aliphatic rings. The topological polar surface area (TPSA) is 109 Å². The summed E-state index contributed by atoms with van der Waals surface area (Å²) in [7, 11) is 0. The van der Waals surface area contributed by atoms with Crippen LogP contribution in [-0.4, -0.2) is 31.7 Å². The third kappa shape index (κ3) is 3.23. The van der Waals surface area contributed by atoms with E-state index in [4.69, 9.17) is 11.6 Å². The average molecular weight is 357 g/mol. The molecule has 0 fully saturated rings. The molecule has 2 aromatic heterocycles. The first kappa shape index (κ1) is 17.9. The molecular formula is C15H14ClFN2O5. The monoisotopic (exact) mass is 356 g/mol. The van der Waals surface area contributed by atoms with E-state index in [1.807, 2.05) is 0 Å². The van der Waals surface area contributed by atoms with E-state index >= 15 is 0 Å². The number of carboxylic acids is 2. The van der Waals surface area contributed by atoms with Crippen LogP contribution in [0, 0.1) is 11.7 Å². The van der Waals surface area contributed by atoms with Crippen LogP contribution < -0.4 is 5.43 Å². The number of fused-ring (bicyclic) bond motifs is 1. The van der Waals surface area contributed by atoms with Gasteiger partial charge in [-0.25, -0.2) is 19.0 Å². The normalized spacial score (nSPS) is 12.5. The average Bonchev–Trinajstić information content (AvgIpc) is 2.47. The molecule has 9 heteroatoms. The van der Waals surface area contributed by atoms with Crippen molar-refractivity contribution in [2.24, 2.45) is 5.92 Å². The number of aromatic nitrogens is 2. The number of rotatable bonds is 5. The number of hydrogen-bond donors (Lipinski definition) is 2. The number of nitrogens with zero attached hydrogens (tertiary/aromatic N) is 2. The summed E-state index contributed by atoms with van der Waals surface area (Å²) in [6.07, 6.45) is 1.07. The second-order valence-corrected chi connectivity index (χ2v) is 6.06. The SMILES string of the molecule is CC(C)CC(C(=O)O)n1cc(C(=O)O)c(=O)c2cc(F)c(Cl)nc21. The van der Waals surface area contributed by atoms with Gasteiger partial charge in [0.15, 0.2) is 11.0 Å². The zero-order chi connectivity index (χ0) is 18.2. The second kappa shape index (κ2) is 6.56. The fourth-order valence-corrected chi connectivity index (χ4v) is 2.53. The number of hydrogen-bond acceptors (Lipinski definition) is 4. The van der Waals surface area contributed by atoms with Gasteiger partial charge in [-0.15, -0.1) is 0 Å². The molecule has 2 N–H and O–H groups in total. The summed E-state index contributed by atoms with van der Waals surface area (Å²) in [6.45, 7) is 3.58. The fraction of sp³-hybridized carbons (Fsp3) is 0.333. The van der Waals surface area contributed by atoms with E-state index in [0.29, 0.717) is 0 Å². The first-order chi connectivity index (χ1) is 11.1. The fourth-order valence-electron chi connectivity index (χ4n) is 2.40. The number of aliphatic carboxylic acids is 1. The summed E-state index contributed by atoms with van der Waals surface area (Å²) in [5.41, 5.74) is -1.80. The van der Waals surface area contributed by atoms with Crippen LogP contribution >= 0.6 is 11.6 Å². The van der Waals surface area contributed by atoms with E-state index in [1.54, 1.807) is 13.8 Å². The molecule has 24 heavy (non-hydrogen) atoms. The van der Waals surface area contributed by atoms with Crippen LogP contribution in [0.4, 0.5) is 4.39 Å². The first-order valence-electron chi connectivity index (χ1n) is 7.00. The molecule has 0 amide bonds. The van der Waals surface area contributed by atoms with Gasteiger partial charge in [0.2, 0.25) is 5.43 Å². The molecule has 7 nitrogen and oxygen atoms in total. The molecule has 0 saturated carbocycles. The maximum absolute atomic E-state index is 13.7. The Morgan fingerprint density at radius 1 is 1.38 bits per heavy atom. The zero-order valence-corrected chi connectivity index (χ0v) is 13.5. The van der Waals surface area contributed by atoms with Crippen molar-refractivity contribution in [1.82, 2.24) is 9.55 Å². The maximum atomic E-state index is 13.7. The lowest BCUT2D eigenvalue weighted by molar-refractivity contribution is -0.141. The van der Waals surface area contributed by atoms with Crippen molar-refractivity contribution in [3.05, 3.63) is 39.0 Å². The number of carbonyl (C=O) groups is 2. The Morgan fingerprint density at radius 2 is 2.00 bits per heavy atom. The van der Waals surface area contributed by atoms with E-state index in [-0.39, 0.29) is 23.4 Å². The van der Waals surface area contributed by atoms with Gasteiger partial charge in [-0.2, -0.15) is 0 Å². The highest BCUT2D eigenvalue weighted by molar-refractivity contribution is 6.29. The molecule has 2 rings (SSSR count). The van der Waals surface area contributed by atoms with Gasteiger partial charge < -0.3 is 14.8 Å². The number of carboxylic acid groups (broad SMARTS) is 2. The Kier molecular flexibility index (Phi) is 4.88. The van der Waals surface area contributed by atoms with E-state index in [1.165, 1.54) is 0 Å². The van der Waals surface area contributed by atoms with Gasteiger partial charge in [0.05, 0.1) is 5.39 Å². The van der Waals surface area contributed by atoms with E-state index in [9.17, 15) is 29.0 Å². The zero-order valence-electron chi connectivity index (χ0n) is 12.8. The molecule has 0 aliphatic carbocycles. The van der Waals surface area contributed by atoms with Crippen molar-refractivity contribution >= 4 is 34.6 Å². The molecule has 0 spiro atoms. The van der Waals surface area contributed by atoms with E-state index < -0.39 is 39.9 Å². The molecule has 0 saturated heterocycles. The van der Waals surface area contributed by atoms with Crippen LogP contribution in [-0.2, 0) is 4.79 Å². The van der Waals surface area contributed by atoms with Crippen molar-refractivity contribution in [2.75, 3.05) is 0 Å². The van der Waals surface area contributed by atoms with Gasteiger partial charge in [0.25, 0.3) is 0 Å². The van der Waals surface area contributed by atoms with Crippen molar-refractivity contribution in [1.29, 1.82) is 0 Å². The number of aromatic carboxylic acids is 1. The van der Waals surface area contributed by atoms with Crippen LogP contribution in [0.15, 0.2) is 17.1 Å². The Balaban J connectivity index is 2.92. The molecule has 128 valence electrons. The second-order valence-electron chi connectivity index (χ2n) is 5.70. The molecular weight excluding hydrogens is 343 g/mol. The summed E-state index contributed by atoms with van der Waals surface area (Å²) >= 11 is 5.64. The minimum atomic E-state index is -1.54. The molecule has 0 radical (unpaired) electrons. The van der Waals surface area contributed by atoms with Gasteiger partial charge in [-0.3, -0.25) is 4.79 Å². The Bertz CT molecular complexity index is 894. The highest BCUT2D eigenvalue weighted by Crippen LogP contribution is 2.24. The smallest absolute Gasteiger partial charge is 0.341 e. The van der Waals surface area contributed by atoms with Crippen molar-refractivity contribution in [2.45, 2.75) is 26.3 Å². The molecule has 2 aromatic rings.